The predicted octanol–water partition coefficient (Wildman–Crippen LogP) is 0.422. The summed E-state index contributed by atoms with van der Waals surface area (Å²) in [6.07, 6.45) is 4.95. The minimum atomic E-state index is -0.228. The van der Waals surface area contributed by atoms with Gasteiger partial charge in [0.2, 0.25) is 0 Å². The molecule has 8 nitrogen and oxygen atoms in total. The highest BCUT2D eigenvalue weighted by molar-refractivity contribution is 5.94. The lowest BCUT2D eigenvalue weighted by atomic mass is 10.0. The summed E-state index contributed by atoms with van der Waals surface area (Å²) in [5.74, 6) is -0.228. The van der Waals surface area contributed by atoms with Crippen LogP contribution in [0.5, 0.6) is 0 Å². The number of morpholine rings is 1. The fourth-order valence-corrected chi connectivity index (χ4v) is 2.99. The third kappa shape index (κ3) is 3.18. The highest BCUT2D eigenvalue weighted by Gasteiger charge is 2.33. The minimum absolute atomic E-state index is 0.0208. The zero-order valence-corrected chi connectivity index (χ0v) is 13.7. The van der Waals surface area contributed by atoms with Crippen molar-refractivity contribution < 1.29 is 9.53 Å². The van der Waals surface area contributed by atoms with Crippen molar-refractivity contribution >= 4 is 5.91 Å². The molecule has 0 unspecified atom stereocenters. The normalized spacial score (nSPS) is 21.4. The van der Waals surface area contributed by atoms with Gasteiger partial charge in [0.25, 0.3) is 5.91 Å². The van der Waals surface area contributed by atoms with Crippen molar-refractivity contribution in [3.8, 4) is 6.07 Å². The van der Waals surface area contributed by atoms with E-state index in [1.807, 2.05) is 30.9 Å². The molecule has 0 radical (unpaired) electrons. The van der Waals surface area contributed by atoms with Crippen LogP contribution in [-0.4, -0.2) is 58.2 Å². The number of hydrogen-bond donors (Lipinski definition) is 2. The van der Waals surface area contributed by atoms with Crippen LogP contribution in [0.25, 0.3) is 0 Å². The average Bonchev–Trinajstić information content (AvgIpc) is 3.21. The Kier molecular flexibility index (Phi) is 4.64. The number of amides is 1. The van der Waals surface area contributed by atoms with Crippen LogP contribution < -0.4 is 5.32 Å². The predicted molar refractivity (Wildman–Crippen MR) is 86.2 cm³/mol. The van der Waals surface area contributed by atoms with E-state index in [0.717, 1.165) is 12.2 Å². The number of nitrogens with one attached hydrogen (secondary N) is 2. The number of nitrogens with zero attached hydrogens (tertiary/aromatic N) is 4. The second-order valence-electron chi connectivity index (χ2n) is 5.89. The fourth-order valence-electron chi connectivity index (χ4n) is 2.99. The van der Waals surface area contributed by atoms with Crippen molar-refractivity contribution in [1.29, 1.82) is 5.26 Å². The second kappa shape index (κ2) is 6.86. The first-order valence-corrected chi connectivity index (χ1v) is 7.75. The van der Waals surface area contributed by atoms with Crippen LogP contribution in [0.2, 0.25) is 0 Å². The Hall–Kier alpha value is -2.63. The molecule has 24 heavy (non-hydrogen) atoms. The summed E-state index contributed by atoms with van der Waals surface area (Å²) in [4.78, 5) is 21.4. The van der Waals surface area contributed by atoms with E-state index in [-0.39, 0.29) is 18.1 Å². The molecule has 1 fully saturated rings. The second-order valence-corrected chi connectivity index (χ2v) is 5.89. The van der Waals surface area contributed by atoms with E-state index >= 15 is 0 Å². The summed E-state index contributed by atoms with van der Waals surface area (Å²) in [6.45, 7) is 1.82. The number of carbonyl (C=O) groups is 1. The molecule has 1 aliphatic rings. The third-order valence-corrected chi connectivity index (χ3v) is 4.29. The number of imidazole rings is 1. The van der Waals surface area contributed by atoms with Gasteiger partial charge in [0.15, 0.2) is 0 Å². The highest BCUT2D eigenvalue weighted by Crippen LogP contribution is 2.27. The van der Waals surface area contributed by atoms with Crippen LogP contribution in [0.1, 0.15) is 27.8 Å². The van der Waals surface area contributed by atoms with Gasteiger partial charge in [-0.15, -0.1) is 0 Å². The summed E-state index contributed by atoms with van der Waals surface area (Å²) in [6, 6.07) is 3.52. The van der Waals surface area contributed by atoms with Crippen molar-refractivity contribution in [1.82, 2.24) is 24.8 Å². The van der Waals surface area contributed by atoms with Gasteiger partial charge in [-0.2, -0.15) is 5.26 Å². The molecule has 126 valence electrons. The maximum Gasteiger partial charge on any atom is 0.252 e. The Morgan fingerprint density at radius 3 is 3.08 bits per heavy atom. The lowest BCUT2D eigenvalue weighted by Crippen LogP contribution is -2.48. The number of likely N-dealkylation sites (N-methyl/N-ethyl adjacent to an activating group) is 1. The largest absolute Gasteiger partial charge is 0.373 e. The molecule has 3 rings (SSSR count). The van der Waals surface area contributed by atoms with Crippen LogP contribution >= 0.6 is 0 Å². The molecule has 0 aromatic carbocycles. The number of rotatable bonds is 4. The number of aromatic nitrogens is 3. The van der Waals surface area contributed by atoms with Crippen LogP contribution in [0.3, 0.4) is 0 Å². The zero-order valence-electron chi connectivity index (χ0n) is 13.7. The van der Waals surface area contributed by atoms with Crippen LogP contribution in [-0.2, 0) is 11.8 Å². The number of aryl methyl sites for hydroxylation is 1. The number of aromatic amines is 1. The number of carbonyl (C=O) groups excluding carboxylic acids is 1. The van der Waals surface area contributed by atoms with Gasteiger partial charge < -0.3 is 19.6 Å². The molecule has 0 bridgehead atoms. The van der Waals surface area contributed by atoms with Crippen molar-refractivity contribution in [3.05, 3.63) is 41.7 Å². The van der Waals surface area contributed by atoms with Crippen molar-refractivity contribution in [2.75, 3.05) is 26.7 Å². The standard InChI is InChI=1S/C16H20N6O2/c1-21-3-4-24-14(15(21)13-8-18-10-22(13)2)9-20-16(23)11-5-12(6-17)19-7-11/h5,7-8,10,14-15,19H,3-4,9H2,1-2H3,(H,20,23)/t14-,15-/m0/s1. The Labute approximate surface area is 140 Å². The van der Waals surface area contributed by atoms with Gasteiger partial charge in [0, 0.05) is 32.5 Å². The van der Waals surface area contributed by atoms with Gasteiger partial charge in [-0.25, -0.2) is 4.98 Å². The van der Waals surface area contributed by atoms with Crippen LogP contribution in [0.4, 0.5) is 0 Å². The van der Waals surface area contributed by atoms with Crippen LogP contribution in [0, 0.1) is 11.3 Å². The SMILES string of the molecule is CN1CCO[C@@H](CNC(=O)c2c[nH]c(C#N)c2)[C@@H]1c1cncn1C. The molecular formula is C16H20N6O2. The Morgan fingerprint density at radius 2 is 2.42 bits per heavy atom. The van der Waals surface area contributed by atoms with E-state index in [9.17, 15) is 4.79 Å². The van der Waals surface area contributed by atoms with E-state index in [1.165, 1.54) is 12.3 Å². The lowest BCUT2D eigenvalue weighted by molar-refractivity contribution is -0.0626. The number of ether oxygens (including phenoxy) is 1. The number of nitriles is 1. The number of H-pyrrole nitrogens is 1. The summed E-state index contributed by atoms with van der Waals surface area (Å²) >= 11 is 0. The molecule has 0 spiro atoms. The van der Waals surface area contributed by atoms with Gasteiger partial charge >= 0.3 is 0 Å². The summed E-state index contributed by atoms with van der Waals surface area (Å²) in [5.41, 5.74) is 1.85. The van der Waals surface area contributed by atoms with E-state index in [0.29, 0.717) is 24.4 Å². The monoisotopic (exact) mass is 328 g/mol. The van der Waals surface area contributed by atoms with Gasteiger partial charge in [0.05, 0.1) is 36.3 Å². The van der Waals surface area contributed by atoms with Crippen molar-refractivity contribution in [2.24, 2.45) is 7.05 Å². The average molecular weight is 328 g/mol. The summed E-state index contributed by atoms with van der Waals surface area (Å²) in [7, 11) is 3.99. The fraction of sp³-hybridized carbons (Fsp3) is 0.438. The first-order chi connectivity index (χ1) is 11.6. The maximum atomic E-state index is 12.2. The highest BCUT2D eigenvalue weighted by atomic mass is 16.5. The minimum Gasteiger partial charge on any atom is -0.373 e. The molecule has 1 amide bonds. The van der Waals surface area contributed by atoms with E-state index in [4.69, 9.17) is 10.00 Å². The maximum absolute atomic E-state index is 12.2. The van der Waals surface area contributed by atoms with Crippen LogP contribution in [0.15, 0.2) is 24.8 Å². The first kappa shape index (κ1) is 16.2. The topological polar surface area (TPSA) is 99.0 Å². The summed E-state index contributed by atoms with van der Waals surface area (Å²) in [5, 5.41) is 11.7. The lowest BCUT2D eigenvalue weighted by Gasteiger charge is -2.39. The van der Waals surface area contributed by atoms with Gasteiger partial charge in [-0.3, -0.25) is 9.69 Å². The molecule has 2 aromatic rings. The Morgan fingerprint density at radius 1 is 1.58 bits per heavy atom. The van der Waals surface area contributed by atoms with E-state index < -0.39 is 0 Å². The molecule has 1 aliphatic heterocycles. The quantitative estimate of drug-likeness (QED) is 0.847. The molecule has 2 N–H and O–H groups in total. The molecule has 8 heteroatoms. The molecule has 2 aromatic heterocycles. The summed E-state index contributed by atoms with van der Waals surface area (Å²) < 4.78 is 7.86. The molecular weight excluding hydrogens is 308 g/mol. The molecule has 1 saturated heterocycles. The first-order valence-electron chi connectivity index (χ1n) is 7.75. The molecule has 0 saturated carbocycles. The Balaban J connectivity index is 1.69. The third-order valence-electron chi connectivity index (χ3n) is 4.29. The van der Waals surface area contributed by atoms with E-state index in [1.54, 1.807) is 6.33 Å². The number of hydrogen-bond acceptors (Lipinski definition) is 5. The van der Waals surface area contributed by atoms with Gasteiger partial charge in [-0.05, 0) is 13.1 Å². The zero-order chi connectivity index (χ0) is 17.1. The molecule has 3 heterocycles. The molecule has 2 atom stereocenters. The Bertz CT molecular complexity index is 759. The smallest absolute Gasteiger partial charge is 0.252 e. The molecule has 0 aliphatic carbocycles. The van der Waals surface area contributed by atoms with Gasteiger partial charge in [0.1, 0.15) is 11.8 Å². The van der Waals surface area contributed by atoms with Crippen molar-refractivity contribution in [2.45, 2.75) is 12.1 Å². The van der Waals surface area contributed by atoms with Crippen molar-refractivity contribution in [3.63, 3.8) is 0 Å². The van der Waals surface area contributed by atoms with Gasteiger partial charge in [-0.1, -0.05) is 0 Å². The van der Waals surface area contributed by atoms with E-state index in [2.05, 4.69) is 20.2 Å².